The number of alkyl carbamates (subject to hydrolysis) is 1. The van der Waals surface area contributed by atoms with Crippen LogP contribution in [0.5, 0.6) is 0 Å². The van der Waals surface area contributed by atoms with Gasteiger partial charge in [-0.15, -0.1) is 0 Å². The van der Waals surface area contributed by atoms with Gasteiger partial charge >= 0.3 is 6.09 Å². The molecule has 0 atom stereocenters. The molecule has 1 N–H and O–H groups in total. The fourth-order valence-electron chi connectivity index (χ4n) is 2.08. The van der Waals surface area contributed by atoms with Gasteiger partial charge in [0.25, 0.3) is 0 Å². The zero-order chi connectivity index (χ0) is 10.6. The average molecular weight is 199 g/mol. The lowest BCUT2D eigenvalue weighted by Crippen LogP contribution is -2.30. The van der Waals surface area contributed by atoms with E-state index in [0.29, 0.717) is 0 Å². The van der Waals surface area contributed by atoms with Gasteiger partial charge in [0, 0.05) is 7.05 Å². The van der Waals surface area contributed by atoms with Crippen molar-refractivity contribution >= 4 is 6.09 Å². The summed E-state index contributed by atoms with van der Waals surface area (Å²) in [5, 5.41) is 2.49. The third kappa shape index (κ3) is 3.20. The number of hydrogen-bond acceptors (Lipinski definition) is 2. The highest BCUT2D eigenvalue weighted by atomic mass is 16.6. The highest BCUT2D eigenvalue weighted by Crippen LogP contribution is 2.31. The first kappa shape index (κ1) is 11.3. The van der Waals surface area contributed by atoms with E-state index >= 15 is 0 Å². The van der Waals surface area contributed by atoms with Gasteiger partial charge in [0.2, 0.25) is 0 Å². The topological polar surface area (TPSA) is 38.3 Å². The van der Waals surface area contributed by atoms with Gasteiger partial charge in [0.1, 0.15) is 6.10 Å². The summed E-state index contributed by atoms with van der Waals surface area (Å²) < 4.78 is 5.22. The van der Waals surface area contributed by atoms with Crippen LogP contribution in [0.25, 0.3) is 0 Å². The molecule has 1 fully saturated rings. The lowest BCUT2D eigenvalue weighted by molar-refractivity contribution is 0.0595. The smallest absolute Gasteiger partial charge is 0.407 e. The van der Waals surface area contributed by atoms with Gasteiger partial charge < -0.3 is 10.1 Å². The Hall–Kier alpha value is -0.730. The zero-order valence-corrected chi connectivity index (χ0v) is 9.38. The summed E-state index contributed by atoms with van der Waals surface area (Å²) in [7, 11) is 1.60. The Morgan fingerprint density at radius 1 is 1.29 bits per heavy atom. The number of rotatable bonds is 2. The fourth-order valence-corrected chi connectivity index (χ4v) is 2.08. The summed E-state index contributed by atoms with van der Waals surface area (Å²) in [6, 6.07) is 0. The molecule has 1 saturated carbocycles. The molecule has 0 radical (unpaired) electrons. The molecular weight excluding hydrogens is 178 g/mol. The quantitative estimate of drug-likeness (QED) is 0.742. The maximum atomic E-state index is 11.0. The van der Waals surface area contributed by atoms with Gasteiger partial charge in [-0.1, -0.05) is 13.8 Å². The Labute approximate surface area is 86.2 Å². The number of hydrogen-bond donors (Lipinski definition) is 1. The van der Waals surface area contributed by atoms with Crippen molar-refractivity contribution in [3.05, 3.63) is 0 Å². The summed E-state index contributed by atoms with van der Waals surface area (Å²) in [6.07, 6.45) is 4.29. The molecule has 0 saturated heterocycles. The minimum Gasteiger partial charge on any atom is -0.446 e. The standard InChI is InChI=1S/C11H21NO2/c1-8(2)9-4-6-10(7-5-9)14-11(13)12-3/h8-10H,4-7H2,1-3H3,(H,12,13). The number of carbonyl (C=O) groups is 1. The van der Waals surface area contributed by atoms with Gasteiger partial charge in [-0.3, -0.25) is 0 Å². The highest BCUT2D eigenvalue weighted by Gasteiger charge is 2.25. The van der Waals surface area contributed by atoms with Crippen molar-refractivity contribution in [2.24, 2.45) is 11.8 Å². The first-order valence-corrected chi connectivity index (χ1v) is 5.51. The van der Waals surface area contributed by atoms with Crippen LogP contribution in [-0.4, -0.2) is 19.2 Å². The van der Waals surface area contributed by atoms with Gasteiger partial charge in [-0.05, 0) is 37.5 Å². The average Bonchev–Trinajstić information content (AvgIpc) is 2.18. The van der Waals surface area contributed by atoms with E-state index in [4.69, 9.17) is 4.74 Å². The maximum absolute atomic E-state index is 11.0. The van der Waals surface area contributed by atoms with Crippen LogP contribution in [0.4, 0.5) is 4.79 Å². The molecule has 3 nitrogen and oxygen atoms in total. The van der Waals surface area contributed by atoms with Gasteiger partial charge in [-0.2, -0.15) is 0 Å². The van der Waals surface area contributed by atoms with Crippen molar-refractivity contribution in [3.8, 4) is 0 Å². The SMILES string of the molecule is CNC(=O)OC1CCC(C(C)C)CC1. The van der Waals surface area contributed by atoms with Crippen molar-refractivity contribution in [2.75, 3.05) is 7.05 Å². The summed E-state index contributed by atoms with van der Waals surface area (Å²) >= 11 is 0. The number of nitrogens with one attached hydrogen (secondary N) is 1. The minimum absolute atomic E-state index is 0.143. The van der Waals surface area contributed by atoms with Crippen LogP contribution in [0, 0.1) is 11.8 Å². The molecule has 0 aromatic rings. The normalized spacial score (nSPS) is 27.4. The summed E-state index contributed by atoms with van der Waals surface area (Å²) in [4.78, 5) is 11.0. The molecule has 82 valence electrons. The van der Waals surface area contributed by atoms with Gasteiger partial charge in [-0.25, -0.2) is 4.79 Å². The molecule has 14 heavy (non-hydrogen) atoms. The number of amides is 1. The van der Waals surface area contributed by atoms with Crippen molar-refractivity contribution in [3.63, 3.8) is 0 Å². The molecule has 0 aromatic heterocycles. The molecule has 0 spiro atoms. The fraction of sp³-hybridized carbons (Fsp3) is 0.909. The lowest BCUT2D eigenvalue weighted by Gasteiger charge is -2.30. The molecule has 1 aliphatic rings. The first-order valence-electron chi connectivity index (χ1n) is 5.51. The molecule has 1 rings (SSSR count). The van der Waals surface area contributed by atoms with Crippen LogP contribution >= 0.6 is 0 Å². The Balaban J connectivity index is 2.25. The number of carbonyl (C=O) groups excluding carboxylic acids is 1. The van der Waals surface area contributed by atoms with Crippen molar-refractivity contribution in [1.82, 2.24) is 5.32 Å². The second kappa shape index (κ2) is 5.23. The van der Waals surface area contributed by atoms with Crippen LogP contribution < -0.4 is 5.32 Å². The maximum Gasteiger partial charge on any atom is 0.407 e. The predicted octanol–water partition coefficient (Wildman–Crippen LogP) is 2.56. The third-order valence-corrected chi connectivity index (χ3v) is 3.14. The van der Waals surface area contributed by atoms with Crippen molar-refractivity contribution in [1.29, 1.82) is 0 Å². The van der Waals surface area contributed by atoms with Gasteiger partial charge in [0.15, 0.2) is 0 Å². The monoisotopic (exact) mass is 199 g/mol. The van der Waals surface area contributed by atoms with E-state index in [1.165, 1.54) is 12.8 Å². The molecule has 1 amide bonds. The first-order chi connectivity index (χ1) is 6.63. The molecular formula is C11H21NO2. The van der Waals surface area contributed by atoms with Crippen LogP contribution in [0.2, 0.25) is 0 Å². The predicted molar refractivity (Wildman–Crippen MR) is 56.1 cm³/mol. The Kier molecular flexibility index (Phi) is 4.23. The molecule has 0 aromatic carbocycles. The number of ether oxygens (including phenoxy) is 1. The van der Waals surface area contributed by atoms with E-state index in [0.717, 1.165) is 24.7 Å². The van der Waals surface area contributed by atoms with E-state index in [1.807, 2.05) is 0 Å². The Morgan fingerprint density at radius 3 is 2.29 bits per heavy atom. The molecule has 0 aliphatic heterocycles. The van der Waals surface area contributed by atoms with E-state index in [1.54, 1.807) is 7.05 Å². The van der Waals surface area contributed by atoms with Crippen molar-refractivity contribution < 1.29 is 9.53 Å². The second-order valence-corrected chi connectivity index (χ2v) is 4.44. The largest absolute Gasteiger partial charge is 0.446 e. The molecule has 3 heteroatoms. The molecule has 0 heterocycles. The summed E-state index contributed by atoms with van der Waals surface area (Å²) in [5.74, 6) is 1.58. The van der Waals surface area contributed by atoms with Gasteiger partial charge in [0.05, 0.1) is 0 Å². The van der Waals surface area contributed by atoms with E-state index in [2.05, 4.69) is 19.2 Å². The van der Waals surface area contributed by atoms with E-state index < -0.39 is 0 Å². The van der Waals surface area contributed by atoms with E-state index in [-0.39, 0.29) is 12.2 Å². The molecule has 0 unspecified atom stereocenters. The summed E-state index contributed by atoms with van der Waals surface area (Å²) in [6.45, 7) is 4.54. The zero-order valence-electron chi connectivity index (χ0n) is 9.38. The highest BCUT2D eigenvalue weighted by molar-refractivity contribution is 5.66. The van der Waals surface area contributed by atoms with Crippen LogP contribution in [0.1, 0.15) is 39.5 Å². The molecule has 0 bridgehead atoms. The Morgan fingerprint density at radius 2 is 1.86 bits per heavy atom. The van der Waals surface area contributed by atoms with Crippen LogP contribution in [-0.2, 0) is 4.74 Å². The van der Waals surface area contributed by atoms with E-state index in [9.17, 15) is 4.79 Å². The Bertz CT molecular complexity index is 184. The minimum atomic E-state index is -0.294. The second-order valence-electron chi connectivity index (χ2n) is 4.44. The molecule has 1 aliphatic carbocycles. The lowest BCUT2D eigenvalue weighted by atomic mass is 9.80. The van der Waals surface area contributed by atoms with Crippen LogP contribution in [0.15, 0.2) is 0 Å². The van der Waals surface area contributed by atoms with Crippen LogP contribution in [0.3, 0.4) is 0 Å². The third-order valence-electron chi connectivity index (χ3n) is 3.14. The van der Waals surface area contributed by atoms with Crippen molar-refractivity contribution in [2.45, 2.75) is 45.6 Å². The summed E-state index contributed by atoms with van der Waals surface area (Å²) in [5.41, 5.74) is 0.